The van der Waals surface area contributed by atoms with Crippen molar-refractivity contribution in [2.24, 2.45) is 0 Å². The number of ether oxygens (including phenoxy) is 1. The minimum absolute atomic E-state index is 0.318. The average molecular weight is 199 g/mol. The van der Waals surface area contributed by atoms with E-state index in [-0.39, 0.29) is 0 Å². The fourth-order valence-corrected chi connectivity index (χ4v) is 2.26. The van der Waals surface area contributed by atoms with Crippen molar-refractivity contribution in [3.8, 4) is 0 Å². The van der Waals surface area contributed by atoms with Crippen LogP contribution in [0.5, 0.6) is 0 Å². The van der Waals surface area contributed by atoms with Gasteiger partial charge in [0.05, 0.1) is 12.1 Å². The first-order valence-electron chi connectivity index (χ1n) is 4.71. The second-order valence-electron chi connectivity index (χ2n) is 4.18. The van der Waals surface area contributed by atoms with Gasteiger partial charge >= 0.3 is 6.09 Å². The summed E-state index contributed by atoms with van der Waals surface area (Å²) in [6.45, 7) is 0.318. The molecular formula is C9H13NO4. The zero-order valence-corrected chi connectivity index (χ0v) is 7.78. The van der Waals surface area contributed by atoms with Crippen molar-refractivity contribution in [3.05, 3.63) is 0 Å². The lowest BCUT2D eigenvalue weighted by molar-refractivity contribution is -0.166. The van der Waals surface area contributed by atoms with E-state index in [1.165, 1.54) is 0 Å². The van der Waals surface area contributed by atoms with Gasteiger partial charge in [0, 0.05) is 0 Å². The number of hydrogen-bond donors (Lipinski definition) is 2. The topological polar surface area (TPSA) is 75.6 Å². The third-order valence-electron chi connectivity index (χ3n) is 3.28. The predicted octanol–water partition coefficient (Wildman–Crippen LogP) is 0.535. The fraction of sp³-hybridized carbons (Fsp3) is 0.778. The van der Waals surface area contributed by atoms with Crippen molar-refractivity contribution >= 4 is 12.4 Å². The van der Waals surface area contributed by atoms with Crippen molar-refractivity contribution < 1.29 is 19.4 Å². The lowest BCUT2D eigenvalue weighted by Crippen LogP contribution is -2.63. The van der Waals surface area contributed by atoms with Crippen molar-refractivity contribution in [1.82, 2.24) is 5.32 Å². The fourth-order valence-electron chi connectivity index (χ4n) is 2.26. The molecule has 5 heteroatoms. The molecule has 0 spiro atoms. The largest absolute Gasteiger partial charge is 0.465 e. The van der Waals surface area contributed by atoms with Crippen LogP contribution in [0.15, 0.2) is 0 Å². The van der Waals surface area contributed by atoms with E-state index in [4.69, 9.17) is 9.84 Å². The maximum Gasteiger partial charge on any atom is 0.405 e. The van der Waals surface area contributed by atoms with E-state index in [1.807, 2.05) is 0 Å². The summed E-state index contributed by atoms with van der Waals surface area (Å²) in [6.07, 6.45) is 2.47. The summed E-state index contributed by atoms with van der Waals surface area (Å²) in [4.78, 5) is 21.4. The molecule has 1 amide bonds. The Balaban J connectivity index is 2.08. The molecule has 1 saturated carbocycles. The zero-order chi connectivity index (χ0) is 10.2. The van der Waals surface area contributed by atoms with E-state index >= 15 is 0 Å². The van der Waals surface area contributed by atoms with Crippen LogP contribution in [0.1, 0.15) is 25.7 Å². The highest BCUT2D eigenvalue weighted by Gasteiger charge is 2.50. The van der Waals surface area contributed by atoms with Gasteiger partial charge in [0.1, 0.15) is 5.60 Å². The Bertz CT molecular complexity index is 251. The summed E-state index contributed by atoms with van der Waals surface area (Å²) < 4.78 is 5.42. The molecule has 0 atom stereocenters. The minimum Gasteiger partial charge on any atom is -0.465 e. The van der Waals surface area contributed by atoms with Gasteiger partial charge in [0.15, 0.2) is 6.29 Å². The summed E-state index contributed by atoms with van der Waals surface area (Å²) in [6, 6.07) is 0. The SMILES string of the molecule is O=CC12CCC(NC(=O)O)(CC1)CO2. The lowest BCUT2D eigenvalue weighted by Gasteiger charge is -2.50. The monoisotopic (exact) mass is 199 g/mol. The van der Waals surface area contributed by atoms with Crippen molar-refractivity contribution in [2.75, 3.05) is 6.61 Å². The van der Waals surface area contributed by atoms with Crippen LogP contribution in [0.2, 0.25) is 0 Å². The number of carboxylic acid groups (broad SMARTS) is 1. The van der Waals surface area contributed by atoms with Gasteiger partial charge in [0.2, 0.25) is 0 Å². The van der Waals surface area contributed by atoms with Crippen molar-refractivity contribution in [3.63, 3.8) is 0 Å². The summed E-state index contributed by atoms with van der Waals surface area (Å²) in [5.74, 6) is 0. The van der Waals surface area contributed by atoms with E-state index in [2.05, 4.69) is 5.32 Å². The lowest BCUT2D eigenvalue weighted by atomic mass is 9.72. The molecule has 5 nitrogen and oxygen atoms in total. The van der Waals surface area contributed by atoms with Gasteiger partial charge in [-0.25, -0.2) is 4.79 Å². The van der Waals surface area contributed by atoms with Crippen molar-refractivity contribution in [2.45, 2.75) is 36.8 Å². The van der Waals surface area contributed by atoms with Gasteiger partial charge < -0.3 is 20.0 Å². The Morgan fingerprint density at radius 3 is 2.36 bits per heavy atom. The molecule has 2 bridgehead atoms. The van der Waals surface area contributed by atoms with Crippen LogP contribution in [0.4, 0.5) is 4.79 Å². The molecule has 2 saturated heterocycles. The molecule has 2 N–H and O–H groups in total. The highest BCUT2D eigenvalue weighted by atomic mass is 16.5. The second-order valence-corrected chi connectivity index (χ2v) is 4.18. The predicted molar refractivity (Wildman–Crippen MR) is 47.1 cm³/mol. The molecule has 0 radical (unpaired) electrons. The first-order valence-corrected chi connectivity index (χ1v) is 4.71. The average Bonchev–Trinajstić information content (AvgIpc) is 2.19. The third-order valence-corrected chi connectivity index (χ3v) is 3.28. The number of hydrogen-bond acceptors (Lipinski definition) is 3. The molecule has 78 valence electrons. The van der Waals surface area contributed by atoms with Crippen LogP contribution < -0.4 is 5.32 Å². The second kappa shape index (κ2) is 2.95. The first-order chi connectivity index (χ1) is 6.60. The number of nitrogens with one attached hydrogen (secondary N) is 1. The molecule has 0 aromatic carbocycles. The van der Waals surface area contributed by atoms with Gasteiger partial charge in [-0.2, -0.15) is 0 Å². The third kappa shape index (κ3) is 1.37. The maximum atomic E-state index is 10.8. The Hall–Kier alpha value is -1.10. The maximum absolute atomic E-state index is 10.8. The Labute approximate surface area is 81.4 Å². The Morgan fingerprint density at radius 1 is 1.36 bits per heavy atom. The van der Waals surface area contributed by atoms with Gasteiger partial charge in [0.25, 0.3) is 0 Å². The molecule has 14 heavy (non-hydrogen) atoms. The van der Waals surface area contributed by atoms with Crippen LogP contribution in [0.3, 0.4) is 0 Å². The normalized spacial score (nSPS) is 40.6. The molecule has 0 aromatic rings. The molecular weight excluding hydrogens is 186 g/mol. The summed E-state index contributed by atoms with van der Waals surface area (Å²) >= 11 is 0. The molecule has 2 heterocycles. The van der Waals surface area contributed by atoms with Crippen LogP contribution in [0.25, 0.3) is 0 Å². The number of rotatable bonds is 2. The summed E-state index contributed by atoms with van der Waals surface area (Å²) in [5, 5.41) is 11.2. The molecule has 0 aromatic heterocycles. The number of fused-ring (bicyclic) bond motifs is 3. The van der Waals surface area contributed by atoms with Gasteiger partial charge in [-0.3, -0.25) is 0 Å². The van der Waals surface area contributed by atoms with E-state index < -0.39 is 17.2 Å². The molecule has 3 fully saturated rings. The van der Waals surface area contributed by atoms with Gasteiger partial charge in [-0.05, 0) is 25.7 Å². The highest BCUT2D eigenvalue weighted by Crippen LogP contribution is 2.42. The van der Waals surface area contributed by atoms with Gasteiger partial charge in [-0.15, -0.1) is 0 Å². The van der Waals surface area contributed by atoms with Crippen molar-refractivity contribution in [1.29, 1.82) is 0 Å². The zero-order valence-electron chi connectivity index (χ0n) is 7.78. The molecule has 3 rings (SSSR count). The van der Waals surface area contributed by atoms with E-state index in [0.29, 0.717) is 32.3 Å². The Kier molecular flexibility index (Phi) is 1.99. The van der Waals surface area contributed by atoms with Crippen LogP contribution in [-0.4, -0.2) is 35.2 Å². The molecule has 2 aliphatic heterocycles. The van der Waals surface area contributed by atoms with E-state index in [0.717, 1.165) is 6.29 Å². The highest BCUT2D eigenvalue weighted by molar-refractivity contribution is 5.67. The van der Waals surface area contributed by atoms with E-state index in [1.54, 1.807) is 0 Å². The summed E-state index contributed by atoms with van der Waals surface area (Å²) in [5.41, 5.74) is -1.07. The smallest absolute Gasteiger partial charge is 0.405 e. The minimum atomic E-state index is -1.02. The van der Waals surface area contributed by atoms with Crippen LogP contribution in [-0.2, 0) is 9.53 Å². The van der Waals surface area contributed by atoms with Crippen LogP contribution >= 0.6 is 0 Å². The molecule has 0 unspecified atom stereocenters. The number of carbonyl (C=O) groups excluding carboxylic acids is 1. The van der Waals surface area contributed by atoms with E-state index in [9.17, 15) is 9.59 Å². The summed E-state index contributed by atoms with van der Waals surface area (Å²) in [7, 11) is 0. The number of amides is 1. The standard InChI is InChI=1S/C9H13NO4/c11-5-9-3-1-8(2-4-9,6-14-9)10-7(12)13/h5,10H,1-4,6H2,(H,12,13). The van der Waals surface area contributed by atoms with Gasteiger partial charge in [-0.1, -0.05) is 0 Å². The first kappa shape index (κ1) is 9.45. The molecule has 3 aliphatic rings. The number of aldehydes is 1. The quantitative estimate of drug-likeness (QED) is 0.636. The number of carbonyl (C=O) groups is 2. The van der Waals surface area contributed by atoms with Crippen LogP contribution in [0, 0.1) is 0 Å². The Morgan fingerprint density at radius 2 is 2.00 bits per heavy atom. The molecule has 1 aliphatic carbocycles.